The van der Waals surface area contributed by atoms with Crippen molar-refractivity contribution in [2.24, 2.45) is 0 Å². The van der Waals surface area contributed by atoms with Crippen LogP contribution in [0.5, 0.6) is 5.88 Å². The van der Waals surface area contributed by atoms with Crippen molar-refractivity contribution in [3.05, 3.63) is 24.4 Å². The molecule has 1 atom stereocenters. The van der Waals surface area contributed by atoms with Crippen LogP contribution in [-0.2, 0) is 4.74 Å². The first-order valence-electron chi connectivity index (χ1n) is 9.52. The van der Waals surface area contributed by atoms with Crippen LogP contribution < -0.4 is 4.90 Å². The van der Waals surface area contributed by atoms with Crippen molar-refractivity contribution >= 4 is 22.8 Å². The van der Waals surface area contributed by atoms with E-state index in [1.807, 2.05) is 37.8 Å². The van der Waals surface area contributed by atoms with E-state index >= 15 is 0 Å². The molecule has 0 aromatic carbocycles. The number of aromatic nitrogens is 2. The molecule has 2 aliphatic rings. The highest BCUT2D eigenvalue weighted by Gasteiger charge is 2.42. The molecule has 0 spiro atoms. The van der Waals surface area contributed by atoms with Crippen molar-refractivity contribution in [1.82, 2.24) is 14.9 Å². The molecule has 1 aliphatic carbocycles. The molecule has 1 saturated heterocycles. The van der Waals surface area contributed by atoms with Gasteiger partial charge in [0, 0.05) is 30.6 Å². The van der Waals surface area contributed by atoms with Crippen LogP contribution >= 0.6 is 0 Å². The Bertz CT molecular complexity index is 860. The molecule has 27 heavy (non-hydrogen) atoms. The number of pyridine rings is 2. The van der Waals surface area contributed by atoms with Gasteiger partial charge in [-0.05, 0) is 52.2 Å². The van der Waals surface area contributed by atoms with E-state index in [4.69, 9.17) is 4.74 Å². The maximum absolute atomic E-state index is 12.7. The van der Waals surface area contributed by atoms with Crippen LogP contribution in [0.1, 0.15) is 40.0 Å². The summed E-state index contributed by atoms with van der Waals surface area (Å²) in [6.07, 6.45) is 4.49. The van der Waals surface area contributed by atoms with Crippen LogP contribution in [0.15, 0.2) is 24.4 Å². The highest BCUT2D eigenvalue weighted by molar-refractivity contribution is 5.81. The van der Waals surface area contributed by atoms with Crippen LogP contribution in [0.4, 0.5) is 10.6 Å². The van der Waals surface area contributed by atoms with Gasteiger partial charge in [0.2, 0.25) is 5.88 Å². The minimum atomic E-state index is -0.485. The van der Waals surface area contributed by atoms with Gasteiger partial charge in [0.15, 0.2) is 0 Å². The van der Waals surface area contributed by atoms with Gasteiger partial charge in [-0.1, -0.05) is 0 Å². The average Bonchev–Trinajstić information content (AvgIpc) is 3.29. The first kappa shape index (κ1) is 17.8. The summed E-state index contributed by atoms with van der Waals surface area (Å²) >= 11 is 0. The third-order valence-corrected chi connectivity index (χ3v) is 4.97. The Hall–Kier alpha value is -2.57. The number of carbonyl (C=O) groups excluding carboxylic acids is 1. The molecule has 2 aromatic heterocycles. The lowest BCUT2D eigenvalue weighted by Gasteiger charge is -2.31. The molecule has 0 radical (unpaired) electrons. The minimum absolute atomic E-state index is 0.00396. The zero-order chi connectivity index (χ0) is 19.2. The van der Waals surface area contributed by atoms with Crippen molar-refractivity contribution in [2.45, 2.75) is 57.7 Å². The largest absolute Gasteiger partial charge is 0.493 e. The zero-order valence-electron chi connectivity index (χ0n) is 16.1. The number of aromatic hydroxyl groups is 1. The van der Waals surface area contributed by atoms with E-state index in [1.165, 1.54) is 0 Å². The number of nitrogens with zero attached hydrogens (tertiary/aromatic N) is 4. The molecule has 144 valence electrons. The van der Waals surface area contributed by atoms with E-state index < -0.39 is 5.60 Å². The number of amides is 1. The lowest BCUT2D eigenvalue weighted by molar-refractivity contribution is 0.0158. The van der Waals surface area contributed by atoms with E-state index in [-0.39, 0.29) is 18.0 Å². The van der Waals surface area contributed by atoms with Crippen LogP contribution in [0, 0.1) is 0 Å². The molecule has 0 unspecified atom stereocenters. The Kier molecular flexibility index (Phi) is 4.32. The highest BCUT2D eigenvalue weighted by Crippen LogP contribution is 2.34. The second-order valence-corrected chi connectivity index (χ2v) is 8.41. The predicted octanol–water partition coefficient (Wildman–Crippen LogP) is 3.31. The van der Waals surface area contributed by atoms with E-state index in [9.17, 15) is 9.90 Å². The number of hydrogen-bond acceptors (Lipinski definition) is 6. The summed E-state index contributed by atoms with van der Waals surface area (Å²) in [5.41, 5.74) is 0.184. The lowest BCUT2D eigenvalue weighted by atomic mass is 10.2. The molecule has 3 heterocycles. The molecule has 0 bridgehead atoms. The SMILES string of the molecule is CC(C)(C)OC(=O)N(C1CC1)[C@H]1CCN(c2cc3ccc(O)nc3cn2)C1. The van der Waals surface area contributed by atoms with E-state index in [1.54, 1.807) is 12.3 Å². The van der Waals surface area contributed by atoms with Crippen LogP contribution in [0.3, 0.4) is 0 Å². The van der Waals surface area contributed by atoms with Gasteiger partial charge < -0.3 is 19.6 Å². The highest BCUT2D eigenvalue weighted by atomic mass is 16.6. The normalized spacial score (nSPS) is 20.1. The van der Waals surface area contributed by atoms with E-state index in [0.717, 1.165) is 43.6 Å². The first-order valence-corrected chi connectivity index (χ1v) is 9.52. The standard InChI is InChI=1S/C20H26N4O3/c1-20(2,3)27-19(26)24(14-5-6-14)15-8-9-23(12-15)17-10-13-4-7-18(25)22-16(13)11-21-17/h4,7,10-11,14-15H,5-6,8-9,12H2,1-3H3,(H,22,25)/t15-/m0/s1. The lowest BCUT2D eigenvalue weighted by Crippen LogP contribution is -2.46. The summed E-state index contributed by atoms with van der Waals surface area (Å²) in [6, 6.07) is 5.85. The fraction of sp³-hybridized carbons (Fsp3) is 0.550. The van der Waals surface area contributed by atoms with Crippen molar-refractivity contribution in [2.75, 3.05) is 18.0 Å². The van der Waals surface area contributed by atoms with Gasteiger partial charge >= 0.3 is 6.09 Å². The summed E-state index contributed by atoms with van der Waals surface area (Å²) in [6.45, 7) is 7.31. The van der Waals surface area contributed by atoms with Gasteiger partial charge in [-0.2, -0.15) is 0 Å². The molecular formula is C20H26N4O3. The first-order chi connectivity index (χ1) is 12.8. The number of rotatable bonds is 3. The third kappa shape index (κ3) is 3.91. The van der Waals surface area contributed by atoms with Gasteiger partial charge in [-0.25, -0.2) is 14.8 Å². The smallest absolute Gasteiger partial charge is 0.410 e. The second kappa shape index (κ2) is 6.55. The number of ether oxygens (including phenoxy) is 1. The Balaban J connectivity index is 1.50. The van der Waals surface area contributed by atoms with Crippen molar-refractivity contribution in [3.8, 4) is 5.88 Å². The fourth-order valence-electron chi connectivity index (χ4n) is 3.62. The molecule has 1 aliphatic heterocycles. The van der Waals surface area contributed by atoms with Gasteiger partial charge in [-0.15, -0.1) is 0 Å². The minimum Gasteiger partial charge on any atom is -0.493 e. The molecule has 2 aromatic rings. The summed E-state index contributed by atoms with van der Waals surface area (Å²) in [4.78, 5) is 25.5. The molecule has 2 fully saturated rings. The summed E-state index contributed by atoms with van der Waals surface area (Å²) < 4.78 is 5.64. The zero-order valence-corrected chi connectivity index (χ0v) is 16.1. The quantitative estimate of drug-likeness (QED) is 0.893. The topological polar surface area (TPSA) is 78.8 Å². The van der Waals surface area contributed by atoms with Crippen molar-refractivity contribution < 1.29 is 14.6 Å². The van der Waals surface area contributed by atoms with Gasteiger partial charge in [0.1, 0.15) is 11.4 Å². The average molecular weight is 370 g/mol. The predicted molar refractivity (Wildman–Crippen MR) is 103 cm³/mol. The third-order valence-electron chi connectivity index (χ3n) is 4.97. The Morgan fingerprint density at radius 1 is 1.26 bits per heavy atom. The Labute approximate surface area is 159 Å². The molecule has 1 N–H and O–H groups in total. The molecule has 1 saturated carbocycles. The van der Waals surface area contributed by atoms with Crippen LogP contribution in [0.2, 0.25) is 0 Å². The molecule has 1 amide bonds. The molecule has 4 rings (SSSR count). The maximum Gasteiger partial charge on any atom is 0.410 e. The second-order valence-electron chi connectivity index (χ2n) is 8.41. The number of carbonyl (C=O) groups is 1. The van der Waals surface area contributed by atoms with Crippen molar-refractivity contribution in [3.63, 3.8) is 0 Å². The Morgan fingerprint density at radius 3 is 2.74 bits per heavy atom. The number of anilines is 1. The molecule has 7 heteroatoms. The van der Waals surface area contributed by atoms with Gasteiger partial charge in [0.25, 0.3) is 0 Å². The maximum atomic E-state index is 12.7. The molecular weight excluding hydrogens is 344 g/mol. The monoisotopic (exact) mass is 370 g/mol. The van der Waals surface area contributed by atoms with Crippen LogP contribution in [-0.4, -0.2) is 56.8 Å². The van der Waals surface area contributed by atoms with Gasteiger partial charge in [0.05, 0.1) is 17.8 Å². The summed E-state index contributed by atoms with van der Waals surface area (Å²) in [5, 5.41) is 10.4. The number of fused-ring (bicyclic) bond motifs is 1. The van der Waals surface area contributed by atoms with Crippen molar-refractivity contribution in [1.29, 1.82) is 0 Å². The van der Waals surface area contributed by atoms with E-state index in [2.05, 4.69) is 14.9 Å². The Morgan fingerprint density at radius 2 is 2.04 bits per heavy atom. The molecule has 7 nitrogen and oxygen atoms in total. The fourth-order valence-corrected chi connectivity index (χ4v) is 3.62. The summed E-state index contributed by atoms with van der Waals surface area (Å²) in [5.74, 6) is 0.869. The summed E-state index contributed by atoms with van der Waals surface area (Å²) in [7, 11) is 0. The van der Waals surface area contributed by atoms with E-state index in [0.29, 0.717) is 11.6 Å². The number of hydrogen-bond donors (Lipinski definition) is 1. The van der Waals surface area contributed by atoms with Crippen LogP contribution in [0.25, 0.3) is 10.9 Å². The van der Waals surface area contributed by atoms with Gasteiger partial charge in [-0.3, -0.25) is 0 Å².